The molecule has 0 spiro atoms. The fraction of sp³-hybridized carbons (Fsp3) is 0.235. The van der Waals surface area contributed by atoms with Gasteiger partial charge in [-0.25, -0.2) is 4.68 Å². The van der Waals surface area contributed by atoms with Crippen LogP contribution in [0.3, 0.4) is 0 Å². The second-order valence-corrected chi connectivity index (χ2v) is 6.38. The molecule has 2 heterocycles. The lowest BCUT2D eigenvalue weighted by Crippen LogP contribution is -2.12. The molecule has 1 aromatic carbocycles. The van der Waals surface area contributed by atoms with Crippen molar-refractivity contribution in [1.29, 1.82) is 0 Å². The summed E-state index contributed by atoms with van der Waals surface area (Å²) in [5.41, 5.74) is 1.39. The molecule has 8 heteroatoms. The van der Waals surface area contributed by atoms with Gasteiger partial charge in [0.15, 0.2) is 11.6 Å². The molecule has 0 fully saturated rings. The number of carbonyl (C=O) groups excluding carboxylic acids is 1. The fourth-order valence-corrected chi connectivity index (χ4v) is 3.02. The molecule has 3 rings (SSSR count). The van der Waals surface area contributed by atoms with Crippen LogP contribution >= 0.6 is 11.8 Å². The van der Waals surface area contributed by atoms with Crippen molar-refractivity contribution in [3.8, 4) is 17.1 Å². The van der Waals surface area contributed by atoms with Crippen LogP contribution in [0.1, 0.15) is 23.0 Å². The average molecular weight is 358 g/mol. The molecular weight excluding hydrogens is 340 g/mol. The van der Waals surface area contributed by atoms with Gasteiger partial charge in [-0.05, 0) is 32.0 Å². The van der Waals surface area contributed by atoms with Crippen LogP contribution in [0.25, 0.3) is 11.4 Å². The van der Waals surface area contributed by atoms with Crippen molar-refractivity contribution in [3.63, 3.8) is 0 Å². The van der Waals surface area contributed by atoms with E-state index in [9.17, 15) is 4.79 Å². The SMILES string of the molecule is CC(=O)c1ccccc1OCCSc1nnc(-c2ccoc2C)n1N. The summed E-state index contributed by atoms with van der Waals surface area (Å²) in [6, 6.07) is 8.99. The number of aryl methyl sites for hydroxylation is 1. The van der Waals surface area contributed by atoms with E-state index in [4.69, 9.17) is 15.0 Å². The predicted octanol–water partition coefficient (Wildman–Crippen LogP) is 2.93. The van der Waals surface area contributed by atoms with Crippen LogP contribution in [-0.4, -0.2) is 33.0 Å². The van der Waals surface area contributed by atoms with Crippen molar-refractivity contribution < 1.29 is 13.9 Å². The number of ketones is 1. The Balaban J connectivity index is 1.60. The number of ether oxygens (including phenoxy) is 1. The van der Waals surface area contributed by atoms with E-state index in [1.54, 1.807) is 24.5 Å². The number of hydrogen-bond donors (Lipinski definition) is 1. The van der Waals surface area contributed by atoms with E-state index in [0.717, 1.165) is 11.3 Å². The van der Waals surface area contributed by atoms with Crippen molar-refractivity contribution in [2.45, 2.75) is 19.0 Å². The Hall–Kier alpha value is -2.74. The van der Waals surface area contributed by atoms with E-state index < -0.39 is 0 Å². The second-order valence-electron chi connectivity index (χ2n) is 5.32. The largest absolute Gasteiger partial charge is 0.492 e. The molecular formula is C17H18N4O3S. The summed E-state index contributed by atoms with van der Waals surface area (Å²) >= 11 is 1.43. The molecule has 2 aromatic heterocycles. The van der Waals surface area contributed by atoms with Gasteiger partial charge < -0.3 is 15.0 Å². The smallest absolute Gasteiger partial charge is 0.210 e. The van der Waals surface area contributed by atoms with Crippen LogP contribution in [0, 0.1) is 6.92 Å². The van der Waals surface area contributed by atoms with Crippen LogP contribution < -0.4 is 10.6 Å². The maximum atomic E-state index is 11.6. The number of nitrogen functional groups attached to an aromatic ring is 1. The first-order valence-corrected chi connectivity index (χ1v) is 8.67. The molecule has 7 nitrogen and oxygen atoms in total. The van der Waals surface area contributed by atoms with Crippen molar-refractivity contribution in [2.75, 3.05) is 18.2 Å². The van der Waals surface area contributed by atoms with Gasteiger partial charge in [0.2, 0.25) is 5.16 Å². The molecule has 2 N–H and O–H groups in total. The maximum Gasteiger partial charge on any atom is 0.210 e. The van der Waals surface area contributed by atoms with E-state index in [2.05, 4.69) is 10.2 Å². The molecule has 0 bridgehead atoms. The Morgan fingerprint density at radius 3 is 2.84 bits per heavy atom. The lowest BCUT2D eigenvalue weighted by molar-refractivity contribution is 0.101. The Kier molecular flexibility index (Phi) is 5.08. The summed E-state index contributed by atoms with van der Waals surface area (Å²) in [7, 11) is 0. The van der Waals surface area contributed by atoms with Gasteiger partial charge in [0.05, 0.1) is 24.0 Å². The number of carbonyl (C=O) groups is 1. The van der Waals surface area contributed by atoms with Crippen molar-refractivity contribution in [3.05, 3.63) is 47.9 Å². The molecule has 3 aromatic rings. The molecule has 0 amide bonds. The first-order valence-electron chi connectivity index (χ1n) is 7.68. The second kappa shape index (κ2) is 7.43. The molecule has 0 aliphatic carbocycles. The van der Waals surface area contributed by atoms with E-state index in [1.165, 1.54) is 23.4 Å². The first-order chi connectivity index (χ1) is 12.1. The summed E-state index contributed by atoms with van der Waals surface area (Å²) < 4.78 is 12.4. The molecule has 0 atom stereocenters. The summed E-state index contributed by atoms with van der Waals surface area (Å²) in [5.74, 6) is 8.53. The molecule has 0 radical (unpaired) electrons. The predicted molar refractivity (Wildman–Crippen MR) is 95.3 cm³/mol. The van der Waals surface area contributed by atoms with Gasteiger partial charge in [0.25, 0.3) is 0 Å². The standard InChI is InChI=1S/C17H18N4O3S/c1-11(22)13-5-3-4-6-15(13)24-9-10-25-17-20-19-16(21(17)18)14-7-8-23-12(14)2/h3-8H,9-10,18H2,1-2H3. The number of furan rings is 1. The van der Waals surface area contributed by atoms with Gasteiger partial charge in [-0.2, -0.15) is 0 Å². The van der Waals surface area contributed by atoms with E-state index in [1.807, 2.05) is 19.1 Å². The monoisotopic (exact) mass is 358 g/mol. The van der Waals surface area contributed by atoms with Gasteiger partial charge in [-0.3, -0.25) is 4.79 Å². The Morgan fingerprint density at radius 2 is 2.12 bits per heavy atom. The maximum absolute atomic E-state index is 11.6. The third-order valence-electron chi connectivity index (χ3n) is 3.60. The highest BCUT2D eigenvalue weighted by Gasteiger charge is 2.15. The summed E-state index contributed by atoms with van der Waals surface area (Å²) in [6.07, 6.45) is 1.59. The highest BCUT2D eigenvalue weighted by molar-refractivity contribution is 7.99. The molecule has 0 saturated heterocycles. The molecule has 130 valence electrons. The number of benzene rings is 1. The van der Waals surface area contributed by atoms with E-state index >= 15 is 0 Å². The summed E-state index contributed by atoms with van der Waals surface area (Å²) in [5, 5.41) is 8.80. The van der Waals surface area contributed by atoms with Crippen molar-refractivity contribution >= 4 is 17.5 Å². The van der Waals surface area contributed by atoms with E-state index in [0.29, 0.717) is 34.7 Å². The molecule has 0 unspecified atom stereocenters. The minimum atomic E-state index is -0.0231. The van der Waals surface area contributed by atoms with Gasteiger partial charge in [0.1, 0.15) is 11.5 Å². The number of thioether (sulfide) groups is 1. The number of Topliss-reactive ketones (excluding diaryl/α,β-unsaturated/α-hetero) is 1. The van der Waals surface area contributed by atoms with Gasteiger partial charge in [-0.15, -0.1) is 10.2 Å². The molecule has 25 heavy (non-hydrogen) atoms. The third-order valence-corrected chi connectivity index (χ3v) is 4.51. The zero-order chi connectivity index (χ0) is 17.8. The molecule has 0 saturated carbocycles. The normalized spacial score (nSPS) is 10.8. The lowest BCUT2D eigenvalue weighted by Gasteiger charge is -2.09. The average Bonchev–Trinajstić information content (AvgIpc) is 3.17. The van der Waals surface area contributed by atoms with E-state index in [-0.39, 0.29) is 5.78 Å². The van der Waals surface area contributed by atoms with Gasteiger partial charge in [0, 0.05) is 5.75 Å². The topological polar surface area (TPSA) is 96.2 Å². The number of hydrogen-bond acceptors (Lipinski definition) is 7. The van der Waals surface area contributed by atoms with Crippen LogP contribution in [0.15, 0.2) is 46.2 Å². The van der Waals surface area contributed by atoms with Crippen LogP contribution in [-0.2, 0) is 0 Å². The minimum absolute atomic E-state index is 0.0231. The van der Waals surface area contributed by atoms with Crippen LogP contribution in [0.2, 0.25) is 0 Å². The zero-order valence-electron chi connectivity index (χ0n) is 13.9. The van der Waals surface area contributed by atoms with Crippen molar-refractivity contribution in [1.82, 2.24) is 14.9 Å². The lowest BCUT2D eigenvalue weighted by atomic mass is 10.1. The zero-order valence-corrected chi connectivity index (χ0v) is 14.7. The Morgan fingerprint density at radius 1 is 1.32 bits per heavy atom. The Bertz CT molecular complexity index is 888. The summed E-state index contributed by atoms with van der Waals surface area (Å²) in [6.45, 7) is 3.78. The Labute approximate surface area is 149 Å². The highest BCUT2D eigenvalue weighted by atomic mass is 32.2. The minimum Gasteiger partial charge on any atom is -0.492 e. The number of para-hydroxylation sites is 1. The number of rotatable bonds is 7. The fourth-order valence-electron chi connectivity index (χ4n) is 2.34. The third kappa shape index (κ3) is 3.69. The number of aromatic nitrogens is 3. The van der Waals surface area contributed by atoms with Crippen molar-refractivity contribution in [2.24, 2.45) is 0 Å². The van der Waals surface area contributed by atoms with Gasteiger partial charge in [-0.1, -0.05) is 23.9 Å². The van der Waals surface area contributed by atoms with Crippen LogP contribution in [0.5, 0.6) is 5.75 Å². The van der Waals surface area contributed by atoms with Gasteiger partial charge >= 0.3 is 0 Å². The molecule has 0 aliphatic heterocycles. The van der Waals surface area contributed by atoms with Crippen LogP contribution in [0.4, 0.5) is 0 Å². The summed E-state index contributed by atoms with van der Waals surface area (Å²) in [4.78, 5) is 11.6. The quantitative estimate of drug-likeness (QED) is 0.300. The highest BCUT2D eigenvalue weighted by Crippen LogP contribution is 2.25. The first kappa shape index (κ1) is 17.1. The number of nitrogens with zero attached hydrogens (tertiary/aromatic N) is 3. The number of nitrogens with two attached hydrogens (primary N) is 1. The molecule has 0 aliphatic rings.